The van der Waals surface area contributed by atoms with Crippen molar-refractivity contribution in [1.29, 1.82) is 0 Å². The highest BCUT2D eigenvalue weighted by atomic mass is 28.5. The lowest BCUT2D eigenvalue weighted by Crippen LogP contribution is -2.68. The minimum absolute atomic E-state index is 1.37. The van der Waals surface area contributed by atoms with E-state index in [0.717, 1.165) is 0 Å². The van der Waals surface area contributed by atoms with Gasteiger partial charge in [-0.15, -0.1) is 0 Å². The maximum Gasteiger partial charge on any atom is 0.664 e. The van der Waals surface area contributed by atoms with Crippen LogP contribution in [-0.4, -0.2) is 108 Å². The molecule has 0 saturated carbocycles. The Morgan fingerprint density at radius 1 is 0.300 bits per heavy atom. The summed E-state index contributed by atoms with van der Waals surface area (Å²) in [5, 5.41) is 0. The molecule has 0 aliphatic carbocycles. The molecule has 0 spiro atoms. The molecule has 0 heterocycles. The van der Waals surface area contributed by atoms with Crippen LogP contribution in [0.1, 0.15) is 0 Å². The Labute approximate surface area is 184 Å². The third kappa shape index (κ3) is 8.16. The summed E-state index contributed by atoms with van der Waals surface area (Å²) in [5.41, 5.74) is 0. The molecule has 30 heavy (non-hydrogen) atoms. The minimum Gasteiger partial charge on any atom is -0.378 e. The Balaban J connectivity index is 5.95. The van der Waals surface area contributed by atoms with Gasteiger partial charge in [0.05, 0.1) is 0 Å². The second-order valence-corrected chi connectivity index (χ2v) is 19.9. The van der Waals surface area contributed by atoms with E-state index in [0.29, 0.717) is 0 Å². The van der Waals surface area contributed by atoms with Crippen molar-refractivity contribution in [1.82, 2.24) is 0 Å². The summed E-state index contributed by atoms with van der Waals surface area (Å²) >= 11 is 0. The first-order valence-corrected chi connectivity index (χ1v) is 18.6. The van der Waals surface area contributed by atoms with Gasteiger partial charge in [0.15, 0.2) is 0 Å². The lowest BCUT2D eigenvalue weighted by Gasteiger charge is -2.40. The molecule has 0 saturated heterocycles. The molecule has 0 aromatic carbocycles. The second kappa shape index (κ2) is 12.7. The van der Waals surface area contributed by atoms with Gasteiger partial charge in [0, 0.05) is 83.6 Å². The van der Waals surface area contributed by atoms with Gasteiger partial charge in [0.25, 0.3) is 0 Å². The lowest BCUT2D eigenvalue weighted by atomic mass is 11.8. The third-order valence-electron chi connectivity index (χ3n) is 4.10. The summed E-state index contributed by atoms with van der Waals surface area (Å²) in [5.74, 6) is 0. The molecule has 0 aliphatic rings. The summed E-state index contributed by atoms with van der Waals surface area (Å²) in [4.78, 5) is 0. The highest BCUT2D eigenvalue weighted by molar-refractivity contribution is 6.82. The van der Waals surface area contributed by atoms with Crippen molar-refractivity contribution in [2.45, 2.75) is 19.6 Å². The molecule has 0 aromatic heterocycles. The van der Waals surface area contributed by atoms with Crippen molar-refractivity contribution in [3.8, 4) is 0 Å². The summed E-state index contributed by atoms with van der Waals surface area (Å²) in [7, 11) is -4.92. The maximum absolute atomic E-state index is 6.08. The molecule has 13 nitrogen and oxygen atoms in total. The Bertz CT molecular complexity index is 447. The molecule has 0 N–H and O–H groups in total. The number of hydrogen-bond acceptors (Lipinski definition) is 13. The highest BCUT2D eigenvalue weighted by Gasteiger charge is 2.63. The van der Waals surface area contributed by atoms with Crippen LogP contribution in [0.25, 0.3) is 0 Å². The number of rotatable bonds is 17. The smallest absolute Gasteiger partial charge is 0.378 e. The molecule has 182 valence electrons. The van der Waals surface area contributed by atoms with Crippen molar-refractivity contribution in [3.05, 3.63) is 0 Å². The van der Waals surface area contributed by atoms with E-state index < -0.39 is 44.5 Å². The van der Waals surface area contributed by atoms with E-state index in [9.17, 15) is 0 Å². The zero-order chi connectivity index (χ0) is 23.7. The van der Waals surface area contributed by atoms with Gasteiger partial charge in [-0.2, -0.15) is 0 Å². The zero-order valence-electron chi connectivity index (χ0n) is 19.8. The highest BCUT2D eigenvalue weighted by Crippen LogP contribution is 2.28. The van der Waals surface area contributed by atoms with Crippen LogP contribution in [0.3, 0.4) is 0 Å². The molecule has 0 unspecified atom stereocenters. The quantitative estimate of drug-likeness (QED) is 0.243. The Morgan fingerprint density at radius 3 is 0.667 bits per heavy atom. The number of hydrogen-bond donors (Lipinski definition) is 0. The molecule has 0 rings (SSSR count). The summed E-state index contributed by atoms with van der Waals surface area (Å²) in [6.45, 7) is 4.89. The average molecular weight is 529 g/mol. The van der Waals surface area contributed by atoms with Crippen molar-refractivity contribution in [3.63, 3.8) is 0 Å². The van der Waals surface area contributed by atoms with Gasteiger partial charge in [0.2, 0.25) is 0 Å². The average Bonchev–Trinajstić information content (AvgIpc) is 2.77. The van der Waals surface area contributed by atoms with Crippen LogP contribution < -0.4 is 0 Å². The molecule has 0 atom stereocenters. The minimum atomic E-state index is -3.85. The maximum atomic E-state index is 6.08. The van der Waals surface area contributed by atoms with Crippen molar-refractivity contribution in [2.24, 2.45) is 0 Å². The first-order chi connectivity index (χ1) is 13.9. The third-order valence-corrected chi connectivity index (χ3v) is 19.7. The van der Waals surface area contributed by atoms with Crippen LogP contribution >= 0.6 is 0 Å². The van der Waals surface area contributed by atoms with E-state index in [-0.39, 0.29) is 0 Å². The summed E-state index contributed by atoms with van der Waals surface area (Å²) < 4.78 is 73.0. The fraction of sp³-hybridized carbons (Fsp3) is 1.00. The molecule has 0 aromatic rings. The van der Waals surface area contributed by atoms with Gasteiger partial charge in [0.1, 0.15) is 0 Å². The van der Waals surface area contributed by atoms with E-state index in [1.54, 1.807) is 19.6 Å². The van der Waals surface area contributed by atoms with Crippen LogP contribution in [0, 0.1) is 0 Å². The summed E-state index contributed by atoms with van der Waals surface area (Å²) in [6.07, 6.45) is 0. The fourth-order valence-corrected chi connectivity index (χ4v) is 16.1. The molecular weight excluding hydrogens is 493 g/mol. The van der Waals surface area contributed by atoms with Gasteiger partial charge in [-0.05, 0) is 0 Å². The SMILES string of the molecule is CO[Si](C)(OC)O[Si](OC)(OC)O[Si](C)(OC)O[Si](OC)(OC)O[Si](C)(OC)OC. The first kappa shape index (κ1) is 30.6. The lowest BCUT2D eigenvalue weighted by molar-refractivity contribution is -0.00791. The molecule has 0 fully saturated rings. The van der Waals surface area contributed by atoms with E-state index in [1.807, 2.05) is 0 Å². The normalized spacial score (nSPS) is 14.4. The van der Waals surface area contributed by atoms with E-state index >= 15 is 0 Å². The zero-order valence-corrected chi connectivity index (χ0v) is 24.8. The standard InChI is InChI=1S/C12H36O13Si5/c1-13-26(10,14-2)22-29(18-6,19-7)24-28(12,17-5)25-30(20-8,21-9)23-27(11,15-3)16-4/h1-12H3. The fourth-order valence-electron chi connectivity index (χ4n) is 1.89. The van der Waals surface area contributed by atoms with Gasteiger partial charge >= 0.3 is 44.5 Å². The monoisotopic (exact) mass is 528 g/mol. The Kier molecular flexibility index (Phi) is 12.9. The second-order valence-electron chi connectivity index (χ2n) is 5.83. The van der Waals surface area contributed by atoms with Gasteiger partial charge in [-0.25, -0.2) is 0 Å². The van der Waals surface area contributed by atoms with Gasteiger partial charge in [-0.1, -0.05) is 0 Å². The Morgan fingerprint density at radius 2 is 0.500 bits per heavy atom. The molecular formula is C12H36O13Si5. The van der Waals surface area contributed by atoms with E-state index in [1.165, 1.54) is 64.0 Å². The summed E-state index contributed by atoms with van der Waals surface area (Å²) in [6, 6.07) is 0. The molecule has 0 bridgehead atoms. The van der Waals surface area contributed by atoms with Crippen LogP contribution in [0.5, 0.6) is 0 Å². The first-order valence-electron chi connectivity index (χ1n) is 8.64. The van der Waals surface area contributed by atoms with Crippen LogP contribution in [0.15, 0.2) is 0 Å². The van der Waals surface area contributed by atoms with Crippen molar-refractivity contribution >= 4 is 44.5 Å². The van der Waals surface area contributed by atoms with Crippen LogP contribution in [0.2, 0.25) is 19.6 Å². The van der Waals surface area contributed by atoms with Gasteiger partial charge in [-0.3, -0.25) is 0 Å². The predicted molar refractivity (Wildman–Crippen MR) is 114 cm³/mol. The van der Waals surface area contributed by atoms with Gasteiger partial charge < -0.3 is 56.3 Å². The van der Waals surface area contributed by atoms with Crippen molar-refractivity contribution < 1.29 is 56.3 Å². The van der Waals surface area contributed by atoms with E-state index in [2.05, 4.69) is 0 Å². The van der Waals surface area contributed by atoms with Crippen LogP contribution in [0.4, 0.5) is 0 Å². The molecule has 0 amide bonds. The molecule has 18 heteroatoms. The molecule has 0 aliphatic heterocycles. The van der Waals surface area contributed by atoms with Crippen LogP contribution in [-0.2, 0) is 56.3 Å². The Hall–Kier alpha value is 0.564. The van der Waals surface area contributed by atoms with Crippen molar-refractivity contribution in [2.75, 3.05) is 64.0 Å². The van der Waals surface area contributed by atoms with E-state index in [4.69, 9.17) is 56.3 Å². The largest absolute Gasteiger partial charge is 0.664 e. The predicted octanol–water partition coefficient (Wildman–Crippen LogP) is 0.448. The molecule has 0 radical (unpaired) electrons. The topological polar surface area (TPSA) is 120 Å².